The predicted octanol–water partition coefficient (Wildman–Crippen LogP) is 3.05. The Morgan fingerprint density at radius 2 is 1.79 bits per heavy atom. The summed E-state index contributed by atoms with van der Waals surface area (Å²) in [7, 11) is 0. The molecule has 182 valence electrons. The third-order valence-electron chi connectivity index (χ3n) is 7.83. The number of likely N-dealkylation sites (tertiary alicyclic amines) is 1. The van der Waals surface area contributed by atoms with Crippen LogP contribution in [0.4, 0.5) is 4.39 Å². The molecule has 3 unspecified atom stereocenters. The van der Waals surface area contributed by atoms with E-state index in [1.54, 1.807) is 11.8 Å². The van der Waals surface area contributed by atoms with E-state index in [1.807, 2.05) is 12.1 Å². The zero-order valence-electron chi connectivity index (χ0n) is 19.8. The Hall–Kier alpha value is -1.99. The molecule has 0 spiro atoms. The molecule has 7 heteroatoms. The lowest BCUT2D eigenvalue weighted by atomic mass is 9.81. The zero-order valence-corrected chi connectivity index (χ0v) is 19.8. The van der Waals surface area contributed by atoms with Crippen LogP contribution in [0.15, 0.2) is 24.3 Å². The van der Waals surface area contributed by atoms with Crippen LogP contribution < -0.4 is 11.1 Å². The van der Waals surface area contributed by atoms with E-state index in [-0.39, 0.29) is 23.7 Å². The molecule has 1 aromatic carbocycles. The fourth-order valence-corrected chi connectivity index (χ4v) is 5.80. The van der Waals surface area contributed by atoms with Crippen molar-refractivity contribution in [1.29, 1.82) is 0 Å². The molecule has 0 radical (unpaired) electrons. The van der Waals surface area contributed by atoms with Crippen LogP contribution in [-0.2, 0) is 16.1 Å². The molecule has 0 aromatic heterocycles. The number of nitrogens with zero attached hydrogens (tertiary/aromatic N) is 2. The van der Waals surface area contributed by atoms with Crippen LogP contribution >= 0.6 is 0 Å². The number of amides is 2. The van der Waals surface area contributed by atoms with Crippen LogP contribution in [-0.4, -0.2) is 59.4 Å². The van der Waals surface area contributed by atoms with Crippen LogP contribution in [0.2, 0.25) is 0 Å². The molecule has 1 saturated heterocycles. The molecule has 2 amide bonds. The van der Waals surface area contributed by atoms with Gasteiger partial charge in [0.05, 0.1) is 0 Å². The van der Waals surface area contributed by atoms with Crippen LogP contribution in [0, 0.1) is 17.7 Å². The van der Waals surface area contributed by atoms with Crippen LogP contribution in [0.25, 0.3) is 0 Å². The number of nitrogens with two attached hydrogens (primary N) is 1. The first-order chi connectivity index (χ1) is 15.9. The highest BCUT2D eigenvalue weighted by atomic mass is 19.1. The minimum atomic E-state index is -0.426. The van der Waals surface area contributed by atoms with E-state index in [4.69, 9.17) is 5.73 Å². The van der Waals surface area contributed by atoms with E-state index >= 15 is 0 Å². The number of hydrogen-bond donors (Lipinski definition) is 2. The number of nitrogens with one attached hydrogen (secondary N) is 1. The maximum absolute atomic E-state index is 13.4. The Labute approximate surface area is 197 Å². The number of carbonyl (C=O) groups excluding carboxylic acids is 2. The van der Waals surface area contributed by atoms with E-state index < -0.39 is 6.04 Å². The summed E-state index contributed by atoms with van der Waals surface area (Å²) in [6, 6.07) is 7.04. The van der Waals surface area contributed by atoms with Crippen LogP contribution in [0.3, 0.4) is 0 Å². The maximum atomic E-state index is 13.4. The Morgan fingerprint density at radius 1 is 1.06 bits per heavy atom. The van der Waals surface area contributed by atoms with Gasteiger partial charge in [-0.25, -0.2) is 4.39 Å². The standard InChI is InChI=1S/C26H39FN4O2/c1-18(32)30-12-11-24(31(23-9-10-23)17-19-5-7-22(27)8-6-19)14-25(30)26(33)29-16-21-4-2-3-20(13-21)15-28/h5-8,20-21,23-25H,2-4,9-17,28H2,1H3,(H,29,33)/t20?,21?,24?,25-/m1/s1. The Kier molecular flexibility index (Phi) is 8.02. The SMILES string of the molecule is CC(=O)N1CCC(N(Cc2ccc(F)cc2)C2CC2)C[C@@H]1C(=O)NCC1CCCC(CN)C1. The van der Waals surface area contributed by atoms with Gasteiger partial charge in [0.2, 0.25) is 11.8 Å². The first-order valence-corrected chi connectivity index (χ1v) is 12.7. The van der Waals surface area contributed by atoms with Crippen molar-refractivity contribution in [3.63, 3.8) is 0 Å². The molecular weight excluding hydrogens is 419 g/mol. The Morgan fingerprint density at radius 3 is 2.45 bits per heavy atom. The number of hydrogen-bond acceptors (Lipinski definition) is 4. The molecule has 4 atom stereocenters. The predicted molar refractivity (Wildman–Crippen MR) is 127 cm³/mol. The average Bonchev–Trinajstić information content (AvgIpc) is 3.67. The normalized spacial score (nSPS) is 28.1. The minimum absolute atomic E-state index is 0.0256. The van der Waals surface area contributed by atoms with Crippen molar-refractivity contribution >= 4 is 11.8 Å². The smallest absolute Gasteiger partial charge is 0.242 e. The van der Waals surface area contributed by atoms with Gasteiger partial charge in [-0.3, -0.25) is 14.5 Å². The molecule has 4 rings (SSSR count). The molecule has 1 aliphatic heterocycles. The first kappa shape index (κ1) is 24.1. The van der Waals surface area contributed by atoms with Gasteiger partial charge in [0.1, 0.15) is 11.9 Å². The van der Waals surface area contributed by atoms with Crippen molar-refractivity contribution in [3.8, 4) is 0 Å². The molecule has 1 heterocycles. The Bertz CT molecular complexity index is 813. The fourth-order valence-electron chi connectivity index (χ4n) is 5.80. The second-order valence-corrected chi connectivity index (χ2v) is 10.3. The monoisotopic (exact) mass is 458 g/mol. The molecule has 1 aromatic rings. The molecule has 3 N–H and O–H groups in total. The average molecular weight is 459 g/mol. The molecule has 2 saturated carbocycles. The maximum Gasteiger partial charge on any atom is 0.242 e. The summed E-state index contributed by atoms with van der Waals surface area (Å²) in [5, 5.41) is 3.18. The molecule has 2 aliphatic carbocycles. The first-order valence-electron chi connectivity index (χ1n) is 12.7. The van der Waals surface area contributed by atoms with Gasteiger partial charge < -0.3 is 16.0 Å². The van der Waals surface area contributed by atoms with E-state index in [0.717, 1.165) is 50.8 Å². The van der Waals surface area contributed by atoms with Crippen molar-refractivity contribution < 1.29 is 14.0 Å². The van der Waals surface area contributed by atoms with Crippen molar-refractivity contribution in [1.82, 2.24) is 15.1 Å². The van der Waals surface area contributed by atoms with Crippen molar-refractivity contribution in [2.45, 2.75) is 83.0 Å². The van der Waals surface area contributed by atoms with Gasteiger partial charge in [0.25, 0.3) is 0 Å². The minimum Gasteiger partial charge on any atom is -0.354 e. The summed E-state index contributed by atoms with van der Waals surface area (Å²) < 4.78 is 13.4. The molecule has 3 fully saturated rings. The quantitative estimate of drug-likeness (QED) is 0.628. The van der Waals surface area contributed by atoms with E-state index in [2.05, 4.69) is 10.2 Å². The molecular formula is C26H39FN4O2. The topological polar surface area (TPSA) is 78.7 Å². The second kappa shape index (κ2) is 11.0. The van der Waals surface area contributed by atoms with Gasteiger partial charge in [0.15, 0.2) is 0 Å². The van der Waals surface area contributed by atoms with Gasteiger partial charge >= 0.3 is 0 Å². The highest BCUT2D eigenvalue weighted by Crippen LogP contribution is 2.35. The highest BCUT2D eigenvalue weighted by Gasteiger charge is 2.41. The fraction of sp³-hybridized carbons (Fsp3) is 0.692. The molecule has 33 heavy (non-hydrogen) atoms. The third kappa shape index (κ3) is 6.33. The second-order valence-electron chi connectivity index (χ2n) is 10.3. The summed E-state index contributed by atoms with van der Waals surface area (Å²) >= 11 is 0. The van der Waals surface area contributed by atoms with Crippen LogP contribution in [0.5, 0.6) is 0 Å². The summed E-state index contributed by atoms with van der Waals surface area (Å²) in [5.41, 5.74) is 6.96. The lowest BCUT2D eigenvalue weighted by Gasteiger charge is -2.43. The molecule has 3 aliphatic rings. The summed E-state index contributed by atoms with van der Waals surface area (Å²) in [4.78, 5) is 29.8. The van der Waals surface area contributed by atoms with Gasteiger partial charge in [-0.15, -0.1) is 0 Å². The number of benzene rings is 1. The third-order valence-corrected chi connectivity index (χ3v) is 7.83. The zero-order chi connectivity index (χ0) is 23.4. The van der Waals surface area contributed by atoms with Crippen molar-refractivity contribution in [2.75, 3.05) is 19.6 Å². The number of rotatable bonds is 8. The van der Waals surface area contributed by atoms with Crippen molar-refractivity contribution in [2.24, 2.45) is 17.6 Å². The van der Waals surface area contributed by atoms with E-state index in [1.165, 1.54) is 25.0 Å². The van der Waals surface area contributed by atoms with Crippen molar-refractivity contribution in [3.05, 3.63) is 35.6 Å². The Balaban J connectivity index is 1.40. The van der Waals surface area contributed by atoms with Gasteiger partial charge in [-0.05, 0) is 81.0 Å². The lowest BCUT2D eigenvalue weighted by molar-refractivity contribution is -0.142. The molecule has 0 bridgehead atoms. The molecule has 6 nitrogen and oxygen atoms in total. The van der Waals surface area contributed by atoms with E-state index in [0.29, 0.717) is 37.4 Å². The van der Waals surface area contributed by atoms with Gasteiger partial charge in [-0.2, -0.15) is 0 Å². The van der Waals surface area contributed by atoms with E-state index in [9.17, 15) is 14.0 Å². The number of piperidine rings is 1. The number of halogens is 1. The number of carbonyl (C=O) groups is 2. The largest absolute Gasteiger partial charge is 0.354 e. The van der Waals surface area contributed by atoms with Gasteiger partial charge in [0, 0.05) is 38.6 Å². The van der Waals surface area contributed by atoms with Gasteiger partial charge in [-0.1, -0.05) is 18.6 Å². The lowest BCUT2D eigenvalue weighted by Crippen LogP contribution is -2.57. The summed E-state index contributed by atoms with van der Waals surface area (Å²) in [6.45, 7) is 4.31. The van der Waals surface area contributed by atoms with Crippen LogP contribution in [0.1, 0.15) is 63.9 Å². The summed E-state index contributed by atoms with van der Waals surface area (Å²) in [5.74, 6) is 0.752. The summed E-state index contributed by atoms with van der Waals surface area (Å²) in [6.07, 6.45) is 8.41. The highest BCUT2D eigenvalue weighted by molar-refractivity contribution is 5.87.